The van der Waals surface area contributed by atoms with Gasteiger partial charge < -0.3 is 99.2 Å². The molecule has 26 atom stereocenters. The monoisotopic (exact) mass is 1100 g/mol. The quantitative estimate of drug-likeness (QED) is 0.0470. The molecule has 12 N–H and O–H groups in total. The summed E-state index contributed by atoms with van der Waals surface area (Å²) in [7, 11) is 0. The molecule has 0 aromatic carbocycles. The first kappa shape index (κ1) is 60.3. The predicted molar refractivity (Wildman–Crippen MR) is 263 cm³/mol. The topological polar surface area (TPSA) is 368 Å². The van der Waals surface area contributed by atoms with Gasteiger partial charge in [0.25, 0.3) is 0 Å². The number of hydrogen-bond acceptors (Lipinski definition) is 22. The summed E-state index contributed by atoms with van der Waals surface area (Å²) in [5.74, 6) is -3.76. The van der Waals surface area contributed by atoms with Crippen molar-refractivity contribution in [3.63, 3.8) is 0 Å². The maximum atomic E-state index is 13.4. The van der Waals surface area contributed by atoms with Gasteiger partial charge in [0.2, 0.25) is 0 Å². The zero-order valence-electron chi connectivity index (χ0n) is 45.4. The van der Waals surface area contributed by atoms with Gasteiger partial charge in [-0.3, -0.25) is 4.79 Å². The third kappa shape index (κ3) is 9.64. The number of esters is 2. The molecule has 0 amide bonds. The van der Waals surface area contributed by atoms with Crippen LogP contribution in [-0.2, 0) is 52.3 Å². The van der Waals surface area contributed by atoms with E-state index in [9.17, 15) is 75.7 Å². The molecule has 23 heteroatoms. The van der Waals surface area contributed by atoms with Gasteiger partial charge in [0.15, 0.2) is 25.0 Å². The molecule has 3 aliphatic heterocycles. The lowest BCUT2D eigenvalue weighted by molar-refractivity contribution is -0.387. The molecule has 438 valence electrons. The van der Waals surface area contributed by atoms with Crippen LogP contribution >= 0.6 is 0 Å². The summed E-state index contributed by atoms with van der Waals surface area (Å²) < 4.78 is 48.0. The van der Waals surface area contributed by atoms with Gasteiger partial charge in [-0.1, -0.05) is 59.3 Å². The van der Waals surface area contributed by atoms with E-state index in [-0.39, 0.29) is 24.7 Å². The van der Waals surface area contributed by atoms with E-state index >= 15 is 0 Å². The first-order valence-corrected chi connectivity index (χ1v) is 27.1. The van der Waals surface area contributed by atoms with Crippen LogP contribution in [-0.4, -0.2) is 216 Å². The fourth-order valence-electron chi connectivity index (χ4n) is 16.0. The Labute approximate surface area is 448 Å². The van der Waals surface area contributed by atoms with E-state index in [1.807, 2.05) is 20.8 Å². The number of hydrogen-bond donors (Lipinski definition) is 12. The second-order valence-electron chi connectivity index (χ2n) is 25.1. The summed E-state index contributed by atoms with van der Waals surface area (Å²) in [6, 6.07) is 0. The summed E-state index contributed by atoms with van der Waals surface area (Å²) in [6.07, 6.45) is -23.5. The van der Waals surface area contributed by atoms with Crippen LogP contribution in [0.2, 0.25) is 0 Å². The van der Waals surface area contributed by atoms with Crippen LogP contribution < -0.4 is 0 Å². The number of carbonyl (C=O) groups is 3. The summed E-state index contributed by atoms with van der Waals surface area (Å²) in [4.78, 5) is 39.4. The van der Waals surface area contributed by atoms with Crippen LogP contribution in [0.1, 0.15) is 107 Å². The third-order valence-corrected chi connectivity index (χ3v) is 20.7. The lowest BCUT2D eigenvalue weighted by atomic mass is 9.33. The number of allylic oxidation sites excluding steroid dienone is 3. The van der Waals surface area contributed by atoms with Crippen LogP contribution in [0.15, 0.2) is 23.3 Å². The Bertz CT molecular complexity index is 2240. The van der Waals surface area contributed by atoms with Gasteiger partial charge >= 0.3 is 17.9 Å². The van der Waals surface area contributed by atoms with Crippen molar-refractivity contribution >= 4 is 17.9 Å². The molecule has 5 aliphatic carbocycles. The van der Waals surface area contributed by atoms with E-state index in [1.165, 1.54) is 6.92 Å². The van der Waals surface area contributed by atoms with E-state index in [1.54, 1.807) is 19.9 Å². The Kier molecular flexibility index (Phi) is 17.1. The molecule has 0 spiro atoms. The van der Waals surface area contributed by atoms with E-state index in [0.29, 0.717) is 37.7 Å². The van der Waals surface area contributed by atoms with Crippen LogP contribution in [0.25, 0.3) is 0 Å². The third-order valence-electron chi connectivity index (χ3n) is 20.7. The molecule has 0 aromatic heterocycles. The minimum absolute atomic E-state index is 0.0613. The smallest absolute Gasteiger partial charge is 0.335 e. The van der Waals surface area contributed by atoms with Gasteiger partial charge in [0, 0.05) is 23.3 Å². The molecular weight excluding hydrogens is 1020 g/mol. The Morgan fingerprint density at radius 1 is 0.714 bits per heavy atom. The highest BCUT2D eigenvalue weighted by atomic mass is 16.8. The summed E-state index contributed by atoms with van der Waals surface area (Å²) in [6.45, 7) is 14.6. The van der Waals surface area contributed by atoms with Crippen molar-refractivity contribution in [3.8, 4) is 0 Å². The molecule has 23 nitrogen and oxygen atoms in total. The maximum Gasteiger partial charge on any atom is 0.335 e. The van der Waals surface area contributed by atoms with Crippen molar-refractivity contribution in [3.05, 3.63) is 23.3 Å². The molecule has 77 heavy (non-hydrogen) atoms. The van der Waals surface area contributed by atoms with Crippen molar-refractivity contribution in [1.82, 2.24) is 0 Å². The molecular formula is C54H84O23. The number of fused-ring (bicyclic) bond motifs is 7. The molecule has 0 radical (unpaired) electrons. The van der Waals surface area contributed by atoms with Crippen LogP contribution in [0.4, 0.5) is 0 Å². The molecule has 3 saturated heterocycles. The molecule has 3 heterocycles. The summed E-state index contributed by atoms with van der Waals surface area (Å²) in [5, 5.41) is 132. The molecule has 8 aliphatic rings. The molecule has 8 rings (SSSR count). The molecule has 0 unspecified atom stereocenters. The second-order valence-corrected chi connectivity index (χ2v) is 25.1. The first-order valence-electron chi connectivity index (χ1n) is 27.1. The second kappa shape index (κ2) is 21.8. The molecule has 0 bridgehead atoms. The summed E-state index contributed by atoms with van der Waals surface area (Å²) >= 11 is 0. The van der Waals surface area contributed by atoms with Crippen LogP contribution in [0, 0.1) is 50.2 Å². The number of ether oxygens (including phenoxy) is 8. The van der Waals surface area contributed by atoms with Gasteiger partial charge in [0.1, 0.15) is 73.2 Å². The minimum Gasteiger partial charge on any atom is -0.479 e. The number of carboxylic acid groups (broad SMARTS) is 1. The van der Waals surface area contributed by atoms with Crippen LogP contribution in [0.3, 0.4) is 0 Å². The van der Waals surface area contributed by atoms with Crippen molar-refractivity contribution < 1.29 is 114 Å². The maximum absolute atomic E-state index is 13.4. The fraction of sp³-hybridized carbons (Fsp3) is 0.870. The first-order chi connectivity index (χ1) is 36.0. The van der Waals surface area contributed by atoms with Gasteiger partial charge in [-0.15, -0.1) is 0 Å². The number of rotatable bonds is 13. The molecule has 4 saturated carbocycles. The lowest BCUT2D eigenvalue weighted by Gasteiger charge is -2.72. The van der Waals surface area contributed by atoms with Gasteiger partial charge in [-0.25, -0.2) is 9.59 Å². The average Bonchev–Trinajstić information content (AvgIpc) is 3.56. The predicted octanol–water partition coefficient (Wildman–Crippen LogP) is -0.682. The number of aliphatic carboxylic acids is 1. The molecule has 0 aromatic rings. The van der Waals surface area contributed by atoms with Crippen LogP contribution in [0.5, 0.6) is 0 Å². The zero-order chi connectivity index (χ0) is 56.9. The van der Waals surface area contributed by atoms with Gasteiger partial charge in [0.05, 0.1) is 44.1 Å². The number of aliphatic hydroxyl groups is 11. The fourth-order valence-corrected chi connectivity index (χ4v) is 16.0. The van der Waals surface area contributed by atoms with E-state index in [0.717, 1.165) is 5.57 Å². The van der Waals surface area contributed by atoms with Crippen molar-refractivity contribution in [1.29, 1.82) is 0 Å². The van der Waals surface area contributed by atoms with E-state index in [2.05, 4.69) is 26.8 Å². The lowest BCUT2D eigenvalue weighted by Crippen LogP contribution is -2.72. The Hall–Kier alpha value is -2.79. The zero-order valence-corrected chi connectivity index (χ0v) is 45.4. The van der Waals surface area contributed by atoms with Crippen molar-refractivity contribution in [2.24, 2.45) is 50.2 Å². The highest BCUT2D eigenvalue weighted by molar-refractivity contribution is 5.87. The highest BCUT2D eigenvalue weighted by Gasteiger charge is 2.74. The Balaban J connectivity index is 1.11. The number of aliphatic hydroxyl groups excluding tert-OH is 11. The van der Waals surface area contributed by atoms with E-state index < -0.39 is 193 Å². The normalized spacial score (nSPS) is 50.7. The van der Waals surface area contributed by atoms with Gasteiger partial charge in [-0.2, -0.15) is 0 Å². The highest BCUT2D eigenvalue weighted by Crippen LogP contribution is 2.76. The standard InChI is InChI=1S/C54H84O23/c1-10-23(2)45(69)77-42-43(71-24(3)58)54(22-57)26(17-49(42,4)5)25-11-12-30-50(6)15-14-32(51(7,21-56)29(50)13-16-52(30,8)53(25,9)18-31(54)60)73-48-40(75-46-36(64)33(61)27(59)20-70-46)38(66)39(41(76-48)44(67)68)74-47-37(65)35(63)34(62)28(19-55)72-47/h10-11,26-43,46-48,55-57,59-66H,12-22H2,1-9H3,(H,67,68)/b23-10-/t26-,27+,28+,29+,30+,31+,32-,33-,34+,35-,36+,37+,38-,39-,40+,41-,42-,43-,46-,47-,48+,50-,51+,52+,53+,54-/m0/s1. The number of carboxylic acids is 1. The van der Waals surface area contributed by atoms with E-state index in [4.69, 9.17) is 37.9 Å². The average molecular weight is 1100 g/mol. The Morgan fingerprint density at radius 2 is 1.38 bits per heavy atom. The Morgan fingerprint density at radius 3 is 1.99 bits per heavy atom. The SMILES string of the molecule is C/C=C(/C)C(=O)O[C@H]1[C@H](OC(C)=O)[C@]2(CO)[C@H](O)C[C@]3(C)C(=CC[C@@H]4[C@@]5(C)CC[C@H](O[C@@H]6O[C@H](C(=O)O)[C@@H](O[C@@H]7O[C@H](CO)[C@@H](O)[C@H](O)[C@H]7O)[C@H](O)[C@H]6O[C@@H]6OC[C@@H](O)[C@H](O)[C@H]6O)[C@](C)(CO)[C@@H]5CC[C@]43C)[C@@H]2CC1(C)C. The summed E-state index contributed by atoms with van der Waals surface area (Å²) in [5.41, 5.74) is -3.63. The van der Waals surface area contributed by atoms with Crippen molar-refractivity contribution in [2.45, 2.75) is 218 Å². The van der Waals surface area contributed by atoms with Crippen molar-refractivity contribution in [2.75, 3.05) is 26.4 Å². The minimum atomic E-state index is -2.11. The molecule has 7 fully saturated rings. The van der Waals surface area contributed by atoms with Gasteiger partial charge in [-0.05, 0) is 92.8 Å². The number of carbonyl (C=O) groups excluding carboxylic acids is 2. The largest absolute Gasteiger partial charge is 0.479 e.